The molecule has 6 nitrogen and oxygen atoms in total. The van der Waals surface area contributed by atoms with E-state index in [1.807, 2.05) is 23.7 Å². The Morgan fingerprint density at radius 3 is 2.85 bits per heavy atom. The fourth-order valence-corrected chi connectivity index (χ4v) is 5.29. The van der Waals surface area contributed by atoms with Crippen LogP contribution in [-0.2, 0) is 11.2 Å². The van der Waals surface area contributed by atoms with Crippen molar-refractivity contribution in [2.45, 2.75) is 77.2 Å². The van der Waals surface area contributed by atoms with Gasteiger partial charge in [0.25, 0.3) is 0 Å². The molecule has 0 radical (unpaired) electrons. The van der Waals surface area contributed by atoms with Crippen molar-refractivity contribution < 1.29 is 14.7 Å². The van der Waals surface area contributed by atoms with Gasteiger partial charge in [0.05, 0.1) is 17.6 Å². The largest absolute Gasteiger partial charge is 0.497 e. The number of aromatic nitrogens is 1. The number of pyridine rings is 1. The molecule has 182 valence electrons. The lowest BCUT2D eigenvalue weighted by Crippen LogP contribution is -2.46. The number of carbonyl (C=O) groups excluding carboxylic acids is 1. The van der Waals surface area contributed by atoms with Gasteiger partial charge < -0.3 is 9.64 Å². The molecule has 0 bridgehead atoms. The number of unbranched alkanes of at least 4 members (excludes halogenated alkanes) is 4. The van der Waals surface area contributed by atoms with Crippen LogP contribution in [-0.4, -0.2) is 47.2 Å². The van der Waals surface area contributed by atoms with Crippen molar-refractivity contribution in [3.05, 3.63) is 35.0 Å². The first kappa shape index (κ1) is 25.7. The van der Waals surface area contributed by atoms with Crippen molar-refractivity contribution in [2.24, 2.45) is 5.92 Å². The molecule has 2 aromatic rings. The Labute approximate surface area is 202 Å². The maximum atomic E-state index is 12.1. The van der Waals surface area contributed by atoms with Crippen LogP contribution in [0.1, 0.15) is 70.3 Å². The van der Waals surface area contributed by atoms with Crippen LogP contribution in [0.5, 0.6) is 5.75 Å². The van der Waals surface area contributed by atoms with Gasteiger partial charge >= 0.3 is 0 Å². The van der Waals surface area contributed by atoms with Gasteiger partial charge in [-0.2, -0.15) is 0 Å². The van der Waals surface area contributed by atoms with Crippen molar-refractivity contribution in [2.75, 3.05) is 20.2 Å². The summed E-state index contributed by atoms with van der Waals surface area (Å²) in [7, 11) is 1.66. The Balaban J connectivity index is 1.65. The summed E-state index contributed by atoms with van der Waals surface area (Å²) in [6, 6.07) is 6.23. The highest BCUT2D eigenvalue weighted by Crippen LogP contribution is 2.31. The maximum Gasteiger partial charge on any atom is 0.246 e. The van der Waals surface area contributed by atoms with Crippen LogP contribution in [0.3, 0.4) is 0 Å². The lowest BCUT2D eigenvalue weighted by atomic mass is 9.87. The summed E-state index contributed by atoms with van der Waals surface area (Å²) >= 11 is 6.55. The number of methoxy groups -OCH3 is 1. The highest BCUT2D eigenvalue weighted by molar-refractivity contribution is 6.32. The van der Waals surface area contributed by atoms with Crippen LogP contribution in [0.4, 0.5) is 0 Å². The molecule has 2 heterocycles. The van der Waals surface area contributed by atoms with E-state index in [-0.39, 0.29) is 11.8 Å². The van der Waals surface area contributed by atoms with E-state index >= 15 is 0 Å². The van der Waals surface area contributed by atoms with Gasteiger partial charge in [-0.05, 0) is 75.4 Å². The van der Waals surface area contributed by atoms with Gasteiger partial charge in [-0.1, -0.05) is 44.2 Å². The molecular weight excluding hydrogens is 438 g/mol. The normalized spacial score (nSPS) is 19.0. The number of rotatable bonds is 12. The van der Waals surface area contributed by atoms with Gasteiger partial charge in [-0.25, -0.2) is 5.48 Å². The Morgan fingerprint density at radius 2 is 2.09 bits per heavy atom. The summed E-state index contributed by atoms with van der Waals surface area (Å²) in [4.78, 5) is 19.1. The minimum Gasteiger partial charge on any atom is -0.497 e. The maximum absolute atomic E-state index is 12.1. The third kappa shape index (κ3) is 7.05. The molecular formula is C26H38ClN3O3. The molecule has 2 atom stereocenters. The summed E-state index contributed by atoms with van der Waals surface area (Å²) in [5.41, 5.74) is 3.88. The van der Waals surface area contributed by atoms with Crippen molar-refractivity contribution in [1.29, 1.82) is 0 Å². The first-order valence-electron chi connectivity index (χ1n) is 12.4. The molecule has 33 heavy (non-hydrogen) atoms. The van der Waals surface area contributed by atoms with E-state index in [1.165, 1.54) is 32.1 Å². The summed E-state index contributed by atoms with van der Waals surface area (Å²) in [6.45, 7) is 4.23. The molecule has 1 aromatic heterocycles. The van der Waals surface area contributed by atoms with Gasteiger partial charge in [-0.15, -0.1) is 0 Å². The number of benzene rings is 1. The number of carbonyl (C=O) groups is 1. The SMILES string of the molecule is CCCCCCCN1CCC(C(=O)NO)CC1CCCc1c(Cl)cnc2ccc(OC)cc12. The van der Waals surface area contributed by atoms with Crippen molar-refractivity contribution in [3.8, 4) is 5.75 Å². The molecule has 0 saturated carbocycles. The second-order valence-corrected chi connectivity index (χ2v) is 9.57. The number of nitrogens with one attached hydrogen (secondary N) is 1. The molecule has 3 rings (SSSR count). The number of fused-ring (bicyclic) bond motifs is 1. The predicted molar refractivity (Wildman–Crippen MR) is 133 cm³/mol. The molecule has 2 N–H and O–H groups in total. The Morgan fingerprint density at radius 1 is 1.27 bits per heavy atom. The van der Waals surface area contributed by atoms with Crippen LogP contribution in [0.2, 0.25) is 5.02 Å². The second kappa shape index (κ2) is 13.1. The monoisotopic (exact) mass is 475 g/mol. The fraction of sp³-hybridized carbons (Fsp3) is 0.615. The molecule has 1 fully saturated rings. The minimum absolute atomic E-state index is 0.119. The minimum atomic E-state index is -0.252. The molecule has 1 aliphatic heterocycles. The molecule has 0 aliphatic carbocycles. The van der Waals surface area contributed by atoms with Crippen molar-refractivity contribution >= 4 is 28.4 Å². The van der Waals surface area contributed by atoms with E-state index in [1.54, 1.807) is 13.3 Å². The van der Waals surface area contributed by atoms with Gasteiger partial charge in [0.2, 0.25) is 5.91 Å². The van der Waals surface area contributed by atoms with E-state index in [2.05, 4.69) is 16.8 Å². The number of piperidine rings is 1. The fourth-order valence-electron chi connectivity index (χ4n) is 5.04. The van der Waals surface area contributed by atoms with Gasteiger partial charge in [-0.3, -0.25) is 15.0 Å². The quantitative estimate of drug-likeness (QED) is 0.231. The first-order chi connectivity index (χ1) is 16.1. The highest BCUT2D eigenvalue weighted by atomic mass is 35.5. The zero-order valence-corrected chi connectivity index (χ0v) is 20.7. The lowest BCUT2D eigenvalue weighted by Gasteiger charge is -2.39. The van der Waals surface area contributed by atoms with E-state index in [0.29, 0.717) is 11.1 Å². The van der Waals surface area contributed by atoms with Crippen LogP contribution in [0.25, 0.3) is 10.9 Å². The number of aryl methyl sites for hydroxylation is 1. The first-order valence-corrected chi connectivity index (χ1v) is 12.7. The van der Waals surface area contributed by atoms with Crippen LogP contribution < -0.4 is 10.2 Å². The van der Waals surface area contributed by atoms with Crippen molar-refractivity contribution in [3.63, 3.8) is 0 Å². The summed E-state index contributed by atoms with van der Waals surface area (Å²) in [5, 5.41) is 10.8. The van der Waals surface area contributed by atoms with E-state index in [4.69, 9.17) is 21.5 Å². The molecule has 1 aromatic carbocycles. The number of likely N-dealkylation sites (tertiary alicyclic amines) is 1. The molecule has 2 unspecified atom stereocenters. The Hall–Kier alpha value is -1.89. The smallest absolute Gasteiger partial charge is 0.246 e. The average Bonchev–Trinajstić information content (AvgIpc) is 2.84. The zero-order valence-electron chi connectivity index (χ0n) is 20.0. The van der Waals surface area contributed by atoms with Gasteiger partial charge in [0.15, 0.2) is 0 Å². The van der Waals surface area contributed by atoms with E-state index in [0.717, 1.165) is 67.4 Å². The molecule has 1 amide bonds. The van der Waals surface area contributed by atoms with Gasteiger partial charge in [0.1, 0.15) is 5.75 Å². The molecule has 7 heteroatoms. The molecule has 1 saturated heterocycles. The van der Waals surface area contributed by atoms with Crippen LogP contribution in [0.15, 0.2) is 24.4 Å². The topological polar surface area (TPSA) is 74.7 Å². The summed E-state index contributed by atoms with van der Waals surface area (Å²) in [6.07, 6.45) is 12.5. The number of ether oxygens (including phenoxy) is 1. The van der Waals surface area contributed by atoms with Crippen molar-refractivity contribution in [1.82, 2.24) is 15.4 Å². The Kier molecular flexibility index (Phi) is 10.2. The molecule has 1 aliphatic rings. The lowest BCUT2D eigenvalue weighted by molar-refractivity contribution is -0.135. The summed E-state index contributed by atoms with van der Waals surface area (Å²) in [5.74, 6) is 0.427. The van der Waals surface area contributed by atoms with Gasteiger partial charge in [0, 0.05) is 23.5 Å². The van der Waals surface area contributed by atoms with E-state index in [9.17, 15) is 4.79 Å². The number of hydrogen-bond donors (Lipinski definition) is 2. The van der Waals surface area contributed by atoms with Crippen LogP contribution in [0, 0.1) is 5.92 Å². The van der Waals surface area contributed by atoms with Crippen LogP contribution >= 0.6 is 11.6 Å². The number of hydroxylamine groups is 1. The second-order valence-electron chi connectivity index (χ2n) is 9.16. The average molecular weight is 476 g/mol. The number of amides is 1. The third-order valence-corrected chi connectivity index (χ3v) is 7.29. The Bertz CT molecular complexity index is 908. The number of nitrogens with zero attached hydrogens (tertiary/aromatic N) is 2. The van der Waals surface area contributed by atoms with E-state index < -0.39 is 0 Å². The summed E-state index contributed by atoms with van der Waals surface area (Å²) < 4.78 is 5.40. The highest BCUT2D eigenvalue weighted by Gasteiger charge is 2.31. The molecule has 0 spiro atoms. The third-order valence-electron chi connectivity index (χ3n) is 6.97. The number of halogens is 1. The number of hydrogen-bond acceptors (Lipinski definition) is 5. The zero-order chi connectivity index (χ0) is 23.6. The standard InChI is InChI=1S/C26H38ClN3O3/c1-3-4-5-6-7-14-30-15-13-19(26(31)29-32)16-20(30)9-8-10-22-23-17-21(33-2)11-12-25(23)28-18-24(22)27/h11-12,17-20,32H,3-10,13-16H2,1-2H3,(H,29,31). The predicted octanol–water partition coefficient (Wildman–Crippen LogP) is 5.78.